The normalized spacial score (nSPS) is 24.8. The van der Waals surface area contributed by atoms with Gasteiger partial charge in [0.1, 0.15) is 0 Å². The van der Waals surface area contributed by atoms with Gasteiger partial charge in [-0.2, -0.15) is 0 Å². The number of fused-ring (bicyclic) bond motifs is 1. The monoisotopic (exact) mass is 241 g/mol. The van der Waals surface area contributed by atoms with E-state index in [9.17, 15) is 0 Å². The summed E-state index contributed by atoms with van der Waals surface area (Å²) in [6.45, 7) is 1.87. The number of hydrogen-bond donors (Lipinski definition) is 1. The topological polar surface area (TPSA) is 42.1 Å². The number of nitrogens with zero attached hydrogens (tertiary/aromatic N) is 2. The molecule has 0 saturated carbocycles. The SMILES string of the molecule is CN1CCC(CN)C1c1cccc2cccnc12. The number of para-hydroxylation sites is 1. The highest BCUT2D eigenvalue weighted by atomic mass is 15.2. The lowest BCUT2D eigenvalue weighted by molar-refractivity contribution is 0.281. The second-order valence-electron chi connectivity index (χ2n) is 5.13. The zero-order valence-corrected chi connectivity index (χ0v) is 10.7. The Morgan fingerprint density at radius 3 is 3.00 bits per heavy atom. The molecule has 0 amide bonds. The molecule has 94 valence electrons. The summed E-state index contributed by atoms with van der Waals surface area (Å²) in [4.78, 5) is 6.97. The summed E-state index contributed by atoms with van der Waals surface area (Å²) in [6.07, 6.45) is 3.05. The number of pyridine rings is 1. The predicted octanol–water partition coefficient (Wildman–Crippen LogP) is 2.19. The summed E-state index contributed by atoms with van der Waals surface area (Å²) in [5, 5.41) is 1.21. The molecular weight excluding hydrogens is 222 g/mol. The summed E-state index contributed by atoms with van der Waals surface area (Å²) in [5.41, 5.74) is 8.37. The van der Waals surface area contributed by atoms with Crippen molar-refractivity contribution in [2.45, 2.75) is 12.5 Å². The molecule has 3 rings (SSSR count). The molecule has 0 radical (unpaired) electrons. The average Bonchev–Trinajstić information content (AvgIpc) is 2.79. The summed E-state index contributed by atoms with van der Waals surface area (Å²) < 4.78 is 0. The van der Waals surface area contributed by atoms with Gasteiger partial charge in [-0.1, -0.05) is 24.3 Å². The lowest BCUT2D eigenvalue weighted by Crippen LogP contribution is -2.25. The van der Waals surface area contributed by atoms with Crippen molar-refractivity contribution in [1.82, 2.24) is 9.88 Å². The number of benzene rings is 1. The number of rotatable bonds is 2. The zero-order chi connectivity index (χ0) is 12.5. The van der Waals surface area contributed by atoms with Gasteiger partial charge in [0.25, 0.3) is 0 Å². The third kappa shape index (κ3) is 1.80. The molecule has 2 atom stereocenters. The van der Waals surface area contributed by atoms with Crippen LogP contribution in [-0.4, -0.2) is 30.0 Å². The standard InChI is InChI=1S/C15H19N3/c1-18-9-7-12(10-16)15(18)13-6-2-4-11-5-3-8-17-14(11)13/h2-6,8,12,15H,7,9-10,16H2,1H3. The number of likely N-dealkylation sites (tertiary alicyclic amines) is 1. The fourth-order valence-electron chi connectivity index (χ4n) is 3.13. The van der Waals surface area contributed by atoms with Gasteiger partial charge in [0, 0.05) is 17.6 Å². The third-order valence-electron chi connectivity index (χ3n) is 4.06. The fourth-order valence-corrected chi connectivity index (χ4v) is 3.13. The van der Waals surface area contributed by atoms with Crippen LogP contribution in [0.1, 0.15) is 18.0 Å². The maximum absolute atomic E-state index is 5.92. The molecule has 2 aromatic rings. The second-order valence-corrected chi connectivity index (χ2v) is 5.13. The molecule has 0 bridgehead atoms. The summed E-state index contributed by atoms with van der Waals surface area (Å²) in [5.74, 6) is 0.544. The highest BCUT2D eigenvalue weighted by Crippen LogP contribution is 2.37. The van der Waals surface area contributed by atoms with Gasteiger partial charge >= 0.3 is 0 Å². The smallest absolute Gasteiger partial charge is 0.0749 e. The van der Waals surface area contributed by atoms with Crippen molar-refractivity contribution in [2.75, 3.05) is 20.1 Å². The largest absolute Gasteiger partial charge is 0.330 e. The molecule has 0 spiro atoms. The lowest BCUT2D eigenvalue weighted by Gasteiger charge is -2.25. The van der Waals surface area contributed by atoms with Crippen molar-refractivity contribution in [2.24, 2.45) is 11.7 Å². The first-order chi connectivity index (χ1) is 8.81. The Balaban J connectivity index is 2.13. The Labute approximate surface area is 108 Å². The quantitative estimate of drug-likeness (QED) is 0.876. The fraction of sp³-hybridized carbons (Fsp3) is 0.400. The maximum Gasteiger partial charge on any atom is 0.0749 e. The van der Waals surface area contributed by atoms with Gasteiger partial charge in [-0.05, 0) is 44.1 Å². The van der Waals surface area contributed by atoms with Crippen molar-refractivity contribution in [3.05, 3.63) is 42.1 Å². The van der Waals surface area contributed by atoms with Crippen LogP contribution in [0.3, 0.4) is 0 Å². The summed E-state index contributed by atoms with van der Waals surface area (Å²) >= 11 is 0. The highest BCUT2D eigenvalue weighted by Gasteiger charge is 2.33. The van der Waals surface area contributed by atoms with Gasteiger partial charge < -0.3 is 5.73 Å². The van der Waals surface area contributed by atoms with E-state index in [1.807, 2.05) is 12.3 Å². The molecule has 3 heteroatoms. The molecule has 2 N–H and O–H groups in total. The average molecular weight is 241 g/mol. The molecule has 3 nitrogen and oxygen atoms in total. The van der Waals surface area contributed by atoms with Crippen LogP contribution < -0.4 is 5.73 Å². The Bertz CT molecular complexity index is 547. The van der Waals surface area contributed by atoms with Crippen LogP contribution in [0.25, 0.3) is 10.9 Å². The first-order valence-electron chi connectivity index (χ1n) is 6.55. The van der Waals surface area contributed by atoms with Crippen molar-refractivity contribution < 1.29 is 0 Å². The Morgan fingerprint density at radius 1 is 1.33 bits per heavy atom. The van der Waals surface area contributed by atoms with Gasteiger partial charge in [-0.3, -0.25) is 9.88 Å². The van der Waals surface area contributed by atoms with Crippen molar-refractivity contribution in [3.63, 3.8) is 0 Å². The molecule has 18 heavy (non-hydrogen) atoms. The molecule has 1 aliphatic rings. The Morgan fingerprint density at radius 2 is 2.17 bits per heavy atom. The van der Waals surface area contributed by atoms with Crippen molar-refractivity contribution in [1.29, 1.82) is 0 Å². The first-order valence-corrected chi connectivity index (χ1v) is 6.55. The second kappa shape index (κ2) is 4.67. The van der Waals surface area contributed by atoms with Gasteiger partial charge in [0.15, 0.2) is 0 Å². The maximum atomic E-state index is 5.92. The van der Waals surface area contributed by atoms with Crippen molar-refractivity contribution in [3.8, 4) is 0 Å². The van der Waals surface area contributed by atoms with Gasteiger partial charge in [-0.15, -0.1) is 0 Å². The van der Waals surface area contributed by atoms with E-state index in [-0.39, 0.29) is 0 Å². The van der Waals surface area contributed by atoms with Gasteiger partial charge in [0.2, 0.25) is 0 Å². The van der Waals surface area contributed by atoms with Crippen molar-refractivity contribution >= 4 is 10.9 Å². The van der Waals surface area contributed by atoms with E-state index in [0.29, 0.717) is 12.0 Å². The van der Waals surface area contributed by atoms with Gasteiger partial charge in [-0.25, -0.2) is 0 Å². The van der Waals surface area contributed by atoms with E-state index in [2.05, 4.69) is 41.2 Å². The molecule has 0 aliphatic carbocycles. The highest BCUT2D eigenvalue weighted by molar-refractivity contribution is 5.82. The van der Waals surface area contributed by atoms with Crippen LogP contribution in [-0.2, 0) is 0 Å². The molecule has 1 fully saturated rings. The van der Waals surface area contributed by atoms with Crippen LogP contribution in [0, 0.1) is 5.92 Å². The number of aromatic nitrogens is 1. The molecule has 1 aromatic carbocycles. The Hall–Kier alpha value is -1.45. The Kier molecular flexibility index (Phi) is 3.02. The van der Waals surface area contributed by atoms with E-state index >= 15 is 0 Å². The van der Waals surface area contributed by atoms with Crippen LogP contribution in [0.2, 0.25) is 0 Å². The number of nitrogens with two attached hydrogens (primary N) is 1. The minimum absolute atomic E-state index is 0.411. The summed E-state index contributed by atoms with van der Waals surface area (Å²) in [6, 6.07) is 11.0. The zero-order valence-electron chi connectivity index (χ0n) is 10.7. The lowest BCUT2D eigenvalue weighted by atomic mass is 9.92. The molecule has 2 unspecified atom stereocenters. The molecular formula is C15H19N3. The van der Waals surface area contributed by atoms with E-state index in [1.165, 1.54) is 17.4 Å². The number of hydrogen-bond acceptors (Lipinski definition) is 3. The third-order valence-corrected chi connectivity index (χ3v) is 4.06. The van der Waals surface area contributed by atoms with Gasteiger partial charge in [0.05, 0.1) is 5.52 Å². The minimum Gasteiger partial charge on any atom is -0.330 e. The molecule has 1 saturated heterocycles. The van der Waals surface area contributed by atoms with Crippen LogP contribution in [0.15, 0.2) is 36.5 Å². The molecule has 1 aliphatic heterocycles. The van der Waals surface area contributed by atoms with Crippen LogP contribution in [0.5, 0.6) is 0 Å². The van der Waals surface area contributed by atoms with E-state index in [1.54, 1.807) is 0 Å². The van der Waals surface area contributed by atoms with E-state index in [4.69, 9.17) is 5.73 Å². The minimum atomic E-state index is 0.411. The first kappa shape index (κ1) is 11.6. The van der Waals surface area contributed by atoms with Crippen LogP contribution >= 0.6 is 0 Å². The molecule has 2 heterocycles. The summed E-state index contributed by atoms with van der Waals surface area (Å²) in [7, 11) is 2.18. The van der Waals surface area contributed by atoms with E-state index < -0.39 is 0 Å². The van der Waals surface area contributed by atoms with Crippen LogP contribution in [0.4, 0.5) is 0 Å². The predicted molar refractivity (Wildman–Crippen MR) is 74.3 cm³/mol. The molecule has 1 aromatic heterocycles. The van der Waals surface area contributed by atoms with E-state index in [0.717, 1.165) is 18.6 Å².